The van der Waals surface area contributed by atoms with Gasteiger partial charge in [-0.15, -0.1) is 12.4 Å². The van der Waals surface area contributed by atoms with Gasteiger partial charge >= 0.3 is 0 Å². The van der Waals surface area contributed by atoms with Gasteiger partial charge in [0.15, 0.2) is 0 Å². The second-order valence-electron chi connectivity index (χ2n) is 7.02. The molecule has 0 spiro atoms. The molecule has 0 radical (unpaired) electrons. The molecule has 2 atom stereocenters. The molecule has 1 aromatic rings. The summed E-state index contributed by atoms with van der Waals surface area (Å²) in [6.45, 7) is 1.32. The standard InChI is InChI=1S/C19H26F2N2O.ClH/c20-16-8-5-9-17(21)18(16)14-12-15(14)19(24)23-11-10-22-13-6-3-1-2-4-7-13;/h5,8-9,13-15,22H,1-4,6-7,10-12H2,(H,23,24);1H. The van der Waals surface area contributed by atoms with Crippen LogP contribution in [0.4, 0.5) is 8.78 Å². The van der Waals surface area contributed by atoms with Crippen molar-refractivity contribution in [2.75, 3.05) is 13.1 Å². The number of nitrogens with one attached hydrogen (secondary N) is 2. The van der Waals surface area contributed by atoms with Crippen LogP contribution >= 0.6 is 12.4 Å². The SMILES string of the molecule is Cl.O=C(NCCNC1CCCCCC1)C1CC1c1c(F)cccc1F. The van der Waals surface area contributed by atoms with E-state index in [2.05, 4.69) is 10.6 Å². The van der Waals surface area contributed by atoms with Crippen molar-refractivity contribution in [3.8, 4) is 0 Å². The zero-order valence-electron chi connectivity index (χ0n) is 14.4. The smallest absolute Gasteiger partial charge is 0.223 e. The van der Waals surface area contributed by atoms with Crippen molar-refractivity contribution < 1.29 is 13.6 Å². The summed E-state index contributed by atoms with van der Waals surface area (Å²) >= 11 is 0. The summed E-state index contributed by atoms with van der Waals surface area (Å²) in [5.74, 6) is -1.81. The van der Waals surface area contributed by atoms with E-state index >= 15 is 0 Å². The van der Waals surface area contributed by atoms with E-state index < -0.39 is 11.6 Å². The van der Waals surface area contributed by atoms with Gasteiger partial charge in [0, 0.05) is 36.5 Å². The van der Waals surface area contributed by atoms with Gasteiger partial charge in [0.2, 0.25) is 5.91 Å². The van der Waals surface area contributed by atoms with Crippen molar-refractivity contribution in [2.45, 2.75) is 56.9 Å². The van der Waals surface area contributed by atoms with E-state index in [1.165, 1.54) is 56.7 Å². The minimum atomic E-state index is -0.551. The van der Waals surface area contributed by atoms with Crippen LogP contribution < -0.4 is 10.6 Å². The van der Waals surface area contributed by atoms with Crippen LogP contribution in [0.5, 0.6) is 0 Å². The predicted octanol–water partition coefficient (Wildman–Crippen LogP) is 3.92. The molecule has 3 rings (SSSR count). The molecule has 1 amide bonds. The van der Waals surface area contributed by atoms with Gasteiger partial charge in [0.25, 0.3) is 0 Å². The Kier molecular flexibility index (Phi) is 7.63. The quantitative estimate of drug-likeness (QED) is 0.587. The first-order valence-corrected chi connectivity index (χ1v) is 9.12. The maximum Gasteiger partial charge on any atom is 0.223 e. The molecule has 0 aliphatic heterocycles. The number of benzene rings is 1. The fraction of sp³-hybridized carbons (Fsp3) is 0.632. The summed E-state index contributed by atoms with van der Waals surface area (Å²) in [6.07, 6.45) is 8.16. The molecule has 0 heterocycles. The summed E-state index contributed by atoms with van der Waals surface area (Å²) in [5, 5.41) is 6.39. The summed E-state index contributed by atoms with van der Waals surface area (Å²) in [4.78, 5) is 12.1. The Morgan fingerprint density at radius 2 is 1.68 bits per heavy atom. The molecule has 2 fully saturated rings. The fourth-order valence-electron chi connectivity index (χ4n) is 3.75. The normalized spacial score (nSPS) is 23.4. The number of hydrogen-bond donors (Lipinski definition) is 2. The molecule has 140 valence electrons. The fourth-order valence-corrected chi connectivity index (χ4v) is 3.75. The van der Waals surface area contributed by atoms with E-state index in [4.69, 9.17) is 0 Å². The van der Waals surface area contributed by atoms with E-state index in [9.17, 15) is 13.6 Å². The Hall–Kier alpha value is -1.20. The topological polar surface area (TPSA) is 41.1 Å². The average Bonchev–Trinajstić information content (AvgIpc) is 3.35. The molecule has 2 saturated carbocycles. The maximum atomic E-state index is 13.7. The van der Waals surface area contributed by atoms with Crippen LogP contribution in [0.2, 0.25) is 0 Å². The first kappa shape index (κ1) is 20.1. The monoisotopic (exact) mass is 372 g/mol. The highest BCUT2D eigenvalue weighted by Crippen LogP contribution is 2.49. The lowest BCUT2D eigenvalue weighted by Gasteiger charge is -2.16. The molecular weight excluding hydrogens is 346 g/mol. The van der Waals surface area contributed by atoms with Crippen molar-refractivity contribution in [2.24, 2.45) is 5.92 Å². The summed E-state index contributed by atoms with van der Waals surface area (Å²) < 4.78 is 27.5. The van der Waals surface area contributed by atoms with Crippen LogP contribution in [0.1, 0.15) is 56.4 Å². The number of rotatable bonds is 6. The van der Waals surface area contributed by atoms with Crippen LogP contribution in [-0.4, -0.2) is 25.0 Å². The van der Waals surface area contributed by atoms with Gasteiger partial charge in [0.1, 0.15) is 11.6 Å². The number of carbonyl (C=O) groups is 1. The number of amides is 1. The number of carbonyl (C=O) groups excluding carboxylic acids is 1. The highest BCUT2D eigenvalue weighted by atomic mass is 35.5. The summed E-state index contributed by atoms with van der Waals surface area (Å²) in [7, 11) is 0. The molecule has 2 unspecified atom stereocenters. The average molecular weight is 373 g/mol. The largest absolute Gasteiger partial charge is 0.355 e. The van der Waals surface area contributed by atoms with Crippen molar-refractivity contribution in [3.63, 3.8) is 0 Å². The second-order valence-corrected chi connectivity index (χ2v) is 7.02. The molecule has 0 aromatic heterocycles. The minimum absolute atomic E-state index is 0. The molecule has 2 aliphatic carbocycles. The van der Waals surface area contributed by atoms with Crippen molar-refractivity contribution in [1.29, 1.82) is 0 Å². The van der Waals surface area contributed by atoms with Gasteiger partial charge in [0.05, 0.1) is 0 Å². The minimum Gasteiger partial charge on any atom is -0.355 e. The van der Waals surface area contributed by atoms with Gasteiger partial charge in [-0.25, -0.2) is 8.78 Å². The van der Waals surface area contributed by atoms with E-state index in [1.807, 2.05) is 0 Å². The Balaban J connectivity index is 0.00000225. The molecule has 0 saturated heterocycles. The lowest BCUT2D eigenvalue weighted by molar-refractivity contribution is -0.122. The third-order valence-electron chi connectivity index (χ3n) is 5.21. The Bertz CT molecular complexity index is 556. The van der Waals surface area contributed by atoms with Gasteiger partial charge in [-0.2, -0.15) is 0 Å². The van der Waals surface area contributed by atoms with Crippen LogP contribution in [-0.2, 0) is 4.79 Å². The van der Waals surface area contributed by atoms with Gasteiger partial charge in [-0.05, 0) is 31.4 Å². The van der Waals surface area contributed by atoms with E-state index in [0.717, 1.165) is 6.54 Å². The molecule has 1 aromatic carbocycles. The van der Waals surface area contributed by atoms with Gasteiger partial charge in [-0.3, -0.25) is 4.79 Å². The first-order valence-electron chi connectivity index (χ1n) is 9.12. The molecule has 2 aliphatic rings. The summed E-state index contributed by atoms with van der Waals surface area (Å²) in [6, 6.07) is 4.42. The van der Waals surface area contributed by atoms with Crippen molar-refractivity contribution in [1.82, 2.24) is 10.6 Å². The lowest BCUT2D eigenvalue weighted by Crippen LogP contribution is -2.37. The Morgan fingerprint density at radius 3 is 2.32 bits per heavy atom. The molecular formula is C19H27ClF2N2O. The molecule has 3 nitrogen and oxygen atoms in total. The first-order chi connectivity index (χ1) is 11.7. The van der Waals surface area contributed by atoms with Gasteiger partial charge in [-0.1, -0.05) is 31.7 Å². The summed E-state index contributed by atoms with van der Waals surface area (Å²) in [5.41, 5.74) is 0.0641. The maximum absolute atomic E-state index is 13.7. The van der Waals surface area contributed by atoms with E-state index in [-0.39, 0.29) is 35.7 Å². The Morgan fingerprint density at radius 1 is 1.04 bits per heavy atom. The van der Waals surface area contributed by atoms with Crippen molar-refractivity contribution in [3.05, 3.63) is 35.4 Å². The van der Waals surface area contributed by atoms with Crippen molar-refractivity contribution >= 4 is 18.3 Å². The molecule has 6 heteroatoms. The molecule has 25 heavy (non-hydrogen) atoms. The van der Waals surface area contributed by atoms with E-state index in [1.54, 1.807) is 0 Å². The zero-order valence-corrected chi connectivity index (χ0v) is 15.2. The second kappa shape index (κ2) is 9.48. The molecule has 2 N–H and O–H groups in total. The third-order valence-corrected chi connectivity index (χ3v) is 5.21. The van der Waals surface area contributed by atoms with Crippen LogP contribution in [0.15, 0.2) is 18.2 Å². The number of hydrogen-bond acceptors (Lipinski definition) is 2. The van der Waals surface area contributed by atoms with Crippen LogP contribution in [0.25, 0.3) is 0 Å². The van der Waals surface area contributed by atoms with Crippen LogP contribution in [0.3, 0.4) is 0 Å². The highest BCUT2D eigenvalue weighted by Gasteiger charge is 2.46. The lowest BCUT2D eigenvalue weighted by atomic mass is 10.1. The predicted molar refractivity (Wildman–Crippen MR) is 97.0 cm³/mol. The molecule has 0 bridgehead atoms. The Labute approximate surface area is 154 Å². The zero-order chi connectivity index (χ0) is 16.9. The van der Waals surface area contributed by atoms with E-state index in [0.29, 0.717) is 19.0 Å². The highest BCUT2D eigenvalue weighted by molar-refractivity contribution is 5.85. The number of halogens is 3. The van der Waals surface area contributed by atoms with Crippen LogP contribution in [0, 0.1) is 17.6 Å². The third kappa shape index (κ3) is 5.38. The van der Waals surface area contributed by atoms with Gasteiger partial charge < -0.3 is 10.6 Å².